The van der Waals surface area contributed by atoms with Gasteiger partial charge in [-0.3, -0.25) is 9.59 Å². The molecule has 0 saturated carbocycles. The van der Waals surface area contributed by atoms with Crippen molar-refractivity contribution >= 4 is 35.4 Å². The quantitative estimate of drug-likeness (QED) is 0.140. The number of anilines is 1. The van der Waals surface area contributed by atoms with Crippen LogP contribution < -0.4 is 10.2 Å². The molecule has 0 bridgehead atoms. The molecule has 4 atom stereocenters. The average molecular weight is 641 g/mol. The molecule has 1 unspecified atom stereocenters. The molecule has 11 nitrogen and oxygen atoms in total. The lowest BCUT2D eigenvalue weighted by Gasteiger charge is -2.36. The van der Waals surface area contributed by atoms with Crippen molar-refractivity contribution in [3.05, 3.63) is 120 Å². The lowest BCUT2D eigenvalue weighted by molar-refractivity contribution is -0.245. The maximum Gasteiger partial charge on any atom is 0.408 e. The van der Waals surface area contributed by atoms with Gasteiger partial charge in [0, 0.05) is 30.1 Å². The molecule has 2 aliphatic heterocycles. The number of aromatic nitrogens is 2. The van der Waals surface area contributed by atoms with Gasteiger partial charge in [-0.15, -0.1) is 0 Å². The van der Waals surface area contributed by atoms with Crippen LogP contribution in [0.1, 0.15) is 47.5 Å². The molecule has 3 amide bonds. The number of imide groups is 1. The molecule has 3 aromatic carbocycles. The van der Waals surface area contributed by atoms with E-state index in [1.165, 1.54) is 11.8 Å². The average Bonchev–Trinajstić information content (AvgIpc) is 3.38. The van der Waals surface area contributed by atoms with Crippen molar-refractivity contribution in [2.24, 2.45) is 0 Å². The number of carbonyl (C=O) groups excluding carboxylic acids is 3. The Morgan fingerprint density at radius 2 is 1.72 bits per heavy atom. The zero-order valence-electron chi connectivity index (χ0n) is 24.7. The van der Waals surface area contributed by atoms with Crippen LogP contribution in [0.2, 0.25) is 0 Å². The van der Waals surface area contributed by atoms with Crippen LogP contribution in [-0.2, 0) is 37.0 Å². The minimum atomic E-state index is -1.05. The molecule has 3 heterocycles. The van der Waals surface area contributed by atoms with Gasteiger partial charge in [0.2, 0.25) is 5.91 Å². The Balaban J connectivity index is 1.16. The number of nitrogens with zero attached hydrogens (tertiary/aromatic N) is 3. The number of alkyl carbamates (subject to hydrolysis) is 1. The molecule has 2 aliphatic rings. The van der Waals surface area contributed by atoms with Crippen LogP contribution >= 0.6 is 11.8 Å². The Bertz CT molecular complexity index is 1660. The SMILES string of the molecule is O=C(NC1CC(=O)N(c2cccc([C@@H]3O[C@H](CSc4ncccn4)C[C@H](c4ccc(CO)cc4)O3)c2)C1=O)OCc1ccccc1. The maximum absolute atomic E-state index is 13.3. The van der Waals surface area contributed by atoms with Crippen molar-refractivity contribution in [3.8, 4) is 0 Å². The van der Waals surface area contributed by atoms with E-state index >= 15 is 0 Å². The van der Waals surface area contributed by atoms with Gasteiger partial charge in [0.1, 0.15) is 12.6 Å². The number of aliphatic hydroxyl groups excluding tert-OH is 1. The Morgan fingerprint density at radius 1 is 0.935 bits per heavy atom. The number of amides is 3. The third kappa shape index (κ3) is 7.60. The van der Waals surface area contributed by atoms with Crippen molar-refractivity contribution < 1.29 is 33.7 Å². The number of aliphatic hydroxyl groups is 1. The van der Waals surface area contributed by atoms with Crippen molar-refractivity contribution in [2.45, 2.75) is 55.8 Å². The first-order valence-corrected chi connectivity index (χ1v) is 15.8. The van der Waals surface area contributed by atoms with Gasteiger partial charge >= 0.3 is 6.09 Å². The van der Waals surface area contributed by atoms with E-state index in [1.54, 1.807) is 36.7 Å². The van der Waals surface area contributed by atoms with Crippen molar-refractivity contribution in [1.29, 1.82) is 0 Å². The van der Waals surface area contributed by atoms with E-state index in [9.17, 15) is 19.5 Å². The molecular weight excluding hydrogens is 608 g/mol. The van der Waals surface area contributed by atoms with Crippen LogP contribution in [0.25, 0.3) is 0 Å². The largest absolute Gasteiger partial charge is 0.445 e. The van der Waals surface area contributed by atoms with Crippen LogP contribution in [0.15, 0.2) is 102 Å². The van der Waals surface area contributed by atoms with Crippen LogP contribution in [0.5, 0.6) is 0 Å². The first kappa shape index (κ1) is 31.4. The number of hydrogen-bond donors (Lipinski definition) is 2. The predicted molar refractivity (Wildman–Crippen MR) is 168 cm³/mol. The molecule has 0 aliphatic carbocycles. The highest BCUT2D eigenvalue weighted by molar-refractivity contribution is 7.99. The summed E-state index contributed by atoms with van der Waals surface area (Å²) in [6.07, 6.45) is 1.64. The van der Waals surface area contributed by atoms with Gasteiger partial charge in [-0.05, 0) is 34.9 Å². The van der Waals surface area contributed by atoms with E-state index in [4.69, 9.17) is 14.2 Å². The highest BCUT2D eigenvalue weighted by atomic mass is 32.2. The van der Waals surface area contributed by atoms with Gasteiger partial charge < -0.3 is 24.6 Å². The van der Waals surface area contributed by atoms with Crippen molar-refractivity contribution in [3.63, 3.8) is 0 Å². The van der Waals surface area contributed by atoms with Crippen LogP contribution in [-0.4, -0.2) is 50.9 Å². The third-order valence-electron chi connectivity index (χ3n) is 7.61. The molecule has 2 fully saturated rings. The molecule has 46 heavy (non-hydrogen) atoms. The lowest BCUT2D eigenvalue weighted by Crippen LogP contribution is -2.42. The molecule has 0 radical (unpaired) electrons. The Labute approximate surface area is 269 Å². The van der Waals surface area contributed by atoms with Crippen LogP contribution in [0.3, 0.4) is 0 Å². The molecule has 2 saturated heterocycles. The van der Waals surface area contributed by atoms with E-state index in [1.807, 2.05) is 60.7 Å². The summed E-state index contributed by atoms with van der Waals surface area (Å²) in [5.41, 5.74) is 3.51. The van der Waals surface area contributed by atoms with Crippen LogP contribution in [0.4, 0.5) is 10.5 Å². The van der Waals surface area contributed by atoms with Crippen molar-refractivity contribution in [1.82, 2.24) is 15.3 Å². The second-order valence-corrected chi connectivity index (χ2v) is 11.8. The monoisotopic (exact) mass is 640 g/mol. The molecule has 6 rings (SSSR count). The fourth-order valence-electron chi connectivity index (χ4n) is 5.28. The first-order chi connectivity index (χ1) is 22.5. The normalized spacial score (nSPS) is 21.3. The summed E-state index contributed by atoms with van der Waals surface area (Å²) in [5, 5.41) is 12.6. The summed E-state index contributed by atoms with van der Waals surface area (Å²) in [6.45, 7) is -0.0149. The molecular formula is C34H32N4O7S. The summed E-state index contributed by atoms with van der Waals surface area (Å²) in [5.74, 6) is -0.422. The lowest BCUT2D eigenvalue weighted by atomic mass is 10.0. The second kappa shape index (κ2) is 14.6. The predicted octanol–water partition coefficient (Wildman–Crippen LogP) is 4.86. The summed E-state index contributed by atoms with van der Waals surface area (Å²) in [4.78, 5) is 48.4. The van der Waals surface area contributed by atoms with Crippen molar-refractivity contribution in [2.75, 3.05) is 10.7 Å². The van der Waals surface area contributed by atoms with Gasteiger partial charge in [-0.2, -0.15) is 0 Å². The van der Waals surface area contributed by atoms with Gasteiger partial charge in [-0.1, -0.05) is 78.5 Å². The zero-order chi connectivity index (χ0) is 31.9. The Hall–Kier alpha value is -4.62. The highest BCUT2D eigenvalue weighted by Crippen LogP contribution is 2.40. The summed E-state index contributed by atoms with van der Waals surface area (Å²) in [7, 11) is 0. The van der Waals surface area contributed by atoms with Gasteiger partial charge in [-0.25, -0.2) is 19.7 Å². The van der Waals surface area contributed by atoms with E-state index in [2.05, 4.69) is 15.3 Å². The van der Waals surface area contributed by atoms with Gasteiger partial charge in [0.25, 0.3) is 5.91 Å². The third-order valence-corrected chi connectivity index (χ3v) is 8.61. The highest BCUT2D eigenvalue weighted by Gasteiger charge is 2.41. The summed E-state index contributed by atoms with van der Waals surface area (Å²) in [6, 6.07) is 24.3. The van der Waals surface area contributed by atoms with E-state index < -0.39 is 30.2 Å². The number of ether oxygens (including phenoxy) is 3. The smallest absolute Gasteiger partial charge is 0.408 e. The summed E-state index contributed by atoms with van der Waals surface area (Å²) >= 11 is 1.48. The van der Waals surface area contributed by atoms with Crippen LogP contribution in [0, 0.1) is 0 Å². The number of nitrogens with one attached hydrogen (secondary N) is 1. The topological polar surface area (TPSA) is 140 Å². The molecule has 4 aromatic rings. The van der Waals surface area contributed by atoms with E-state index in [-0.39, 0.29) is 31.8 Å². The van der Waals surface area contributed by atoms with Gasteiger partial charge in [0.05, 0.1) is 30.9 Å². The van der Waals surface area contributed by atoms with Gasteiger partial charge in [0.15, 0.2) is 11.4 Å². The fourth-order valence-corrected chi connectivity index (χ4v) is 6.10. The number of carbonyl (C=O) groups is 3. The number of thioether (sulfide) groups is 1. The molecule has 236 valence electrons. The van der Waals surface area contributed by atoms with E-state index in [0.717, 1.165) is 21.6 Å². The first-order valence-electron chi connectivity index (χ1n) is 14.8. The Morgan fingerprint density at radius 3 is 2.48 bits per heavy atom. The standard InChI is InChI=1S/C34H32N4O7S/c39-19-22-10-12-24(13-11-22)29-17-27(21-46-33-35-14-5-15-36-33)44-32(45-29)25-8-4-9-26(16-25)38-30(40)18-28(31(38)41)37-34(42)43-20-23-6-2-1-3-7-23/h1-16,27-29,32,39H,17-21H2,(H,37,42)/t27-,28?,29+,32+/m0/s1. The molecule has 12 heteroatoms. The maximum atomic E-state index is 13.3. The zero-order valence-corrected chi connectivity index (χ0v) is 25.5. The number of hydrogen-bond acceptors (Lipinski definition) is 10. The fraction of sp³-hybridized carbons (Fsp3) is 0.265. The number of benzene rings is 3. The minimum Gasteiger partial charge on any atom is -0.445 e. The number of rotatable bonds is 10. The van der Waals surface area contributed by atoms with E-state index in [0.29, 0.717) is 28.6 Å². The summed E-state index contributed by atoms with van der Waals surface area (Å²) < 4.78 is 18.1. The second-order valence-electron chi connectivity index (χ2n) is 10.8. The molecule has 1 aromatic heterocycles. The Kier molecular flexibility index (Phi) is 9.99. The molecule has 0 spiro atoms. The minimum absolute atomic E-state index is 0.0408. The molecule has 2 N–H and O–H groups in total.